The first-order chi connectivity index (χ1) is 11.6. The van der Waals surface area contributed by atoms with E-state index in [1.165, 1.54) is 28.7 Å². The molecule has 0 radical (unpaired) electrons. The fraction of sp³-hybridized carbons (Fsp3) is 0.389. The van der Waals surface area contributed by atoms with Gasteiger partial charge < -0.3 is 10.2 Å². The monoisotopic (exact) mass is 351 g/mol. The Morgan fingerprint density at radius 1 is 1.17 bits per heavy atom. The zero-order chi connectivity index (χ0) is 17.1. The highest BCUT2D eigenvalue weighted by molar-refractivity contribution is 7.10. The van der Waals surface area contributed by atoms with Gasteiger partial charge in [-0.3, -0.25) is 4.79 Å². The summed E-state index contributed by atoms with van der Waals surface area (Å²) in [4.78, 5) is 15.0. The van der Waals surface area contributed by atoms with Crippen molar-refractivity contribution < 1.29 is 18.5 Å². The van der Waals surface area contributed by atoms with Gasteiger partial charge in [0, 0.05) is 12.8 Å². The van der Waals surface area contributed by atoms with Crippen LogP contribution in [0.4, 0.5) is 8.78 Å². The molecule has 0 spiro atoms. The topological polar surface area (TPSA) is 33.5 Å². The summed E-state index contributed by atoms with van der Waals surface area (Å²) >= 11 is 1.66. The van der Waals surface area contributed by atoms with Crippen LogP contribution in [-0.2, 0) is 0 Å². The van der Waals surface area contributed by atoms with E-state index in [0.717, 1.165) is 25.2 Å². The van der Waals surface area contributed by atoms with Crippen molar-refractivity contribution >= 4 is 17.2 Å². The number of amides is 1. The summed E-state index contributed by atoms with van der Waals surface area (Å²) in [6, 6.07) is 7.40. The van der Waals surface area contributed by atoms with Crippen LogP contribution < -0.4 is 10.2 Å². The van der Waals surface area contributed by atoms with Crippen molar-refractivity contribution in [3.05, 3.63) is 57.8 Å². The van der Waals surface area contributed by atoms with Crippen molar-refractivity contribution in [1.82, 2.24) is 5.32 Å². The number of quaternary nitrogens is 1. The Hall–Kier alpha value is -1.79. The second kappa shape index (κ2) is 7.40. The summed E-state index contributed by atoms with van der Waals surface area (Å²) < 4.78 is 27.6. The number of benzene rings is 1. The van der Waals surface area contributed by atoms with Gasteiger partial charge in [-0.25, -0.2) is 8.78 Å². The van der Waals surface area contributed by atoms with Gasteiger partial charge in [0.25, 0.3) is 5.91 Å². The van der Waals surface area contributed by atoms with Crippen LogP contribution >= 0.6 is 11.3 Å². The first kappa shape index (κ1) is 17.0. The smallest absolute Gasteiger partial charge is 0.257 e. The number of halogens is 2. The molecule has 0 aliphatic carbocycles. The minimum Gasteiger partial charge on any atom is -0.343 e. The summed E-state index contributed by atoms with van der Waals surface area (Å²) in [5.41, 5.74) is -0.509. The van der Waals surface area contributed by atoms with Crippen molar-refractivity contribution in [2.75, 3.05) is 13.1 Å². The maximum Gasteiger partial charge on any atom is 0.257 e. The lowest BCUT2D eigenvalue weighted by Gasteiger charge is -2.29. The number of carbonyl (C=O) groups excluding carboxylic acids is 1. The third-order valence-corrected chi connectivity index (χ3v) is 5.54. The standard InChI is InChI=1S/C18H20F2N2OS/c1-12(21-18(23)16-13(19)6-4-7-14(16)20)17(15-8-5-11-24-15)22-9-2-3-10-22/h4-8,11-12,17H,2-3,9-10H2,1H3,(H,21,23)/p+1/t12-,17+/m0/s1. The third-order valence-electron chi connectivity index (χ3n) is 4.58. The van der Waals surface area contributed by atoms with Crippen LogP contribution in [0, 0.1) is 11.6 Å². The van der Waals surface area contributed by atoms with E-state index in [4.69, 9.17) is 0 Å². The van der Waals surface area contributed by atoms with Crippen LogP contribution in [0.5, 0.6) is 0 Å². The zero-order valence-corrected chi connectivity index (χ0v) is 14.3. The molecule has 2 N–H and O–H groups in total. The lowest BCUT2D eigenvalue weighted by molar-refractivity contribution is -0.920. The summed E-state index contributed by atoms with van der Waals surface area (Å²) in [6.45, 7) is 4.01. The van der Waals surface area contributed by atoms with Gasteiger partial charge >= 0.3 is 0 Å². The molecule has 24 heavy (non-hydrogen) atoms. The van der Waals surface area contributed by atoms with Crippen LogP contribution in [0.15, 0.2) is 35.7 Å². The van der Waals surface area contributed by atoms with E-state index < -0.39 is 23.1 Å². The van der Waals surface area contributed by atoms with Crippen LogP contribution in [0.25, 0.3) is 0 Å². The van der Waals surface area contributed by atoms with Crippen molar-refractivity contribution in [1.29, 1.82) is 0 Å². The van der Waals surface area contributed by atoms with Crippen LogP contribution in [0.3, 0.4) is 0 Å². The molecular weight excluding hydrogens is 330 g/mol. The van der Waals surface area contributed by atoms with Gasteiger partial charge in [0.15, 0.2) is 0 Å². The average Bonchev–Trinajstić information content (AvgIpc) is 3.21. The molecule has 3 nitrogen and oxygen atoms in total. The molecule has 0 bridgehead atoms. The minimum absolute atomic E-state index is 0.103. The molecule has 1 fully saturated rings. The first-order valence-electron chi connectivity index (χ1n) is 8.21. The second-order valence-corrected chi connectivity index (χ2v) is 7.20. The largest absolute Gasteiger partial charge is 0.343 e. The molecule has 2 aromatic rings. The molecule has 0 unspecified atom stereocenters. The SMILES string of the molecule is C[C@H](NC(=O)c1c(F)cccc1F)[C@H](c1cccs1)[NH+]1CCCC1. The van der Waals surface area contributed by atoms with Crippen molar-refractivity contribution in [2.24, 2.45) is 0 Å². The normalized spacial score (nSPS) is 17.6. The quantitative estimate of drug-likeness (QED) is 0.853. The summed E-state index contributed by atoms with van der Waals surface area (Å²) in [5.74, 6) is -2.36. The van der Waals surface area contributed by atoms with Crippen molar-refractivity contribution in [3.8, 4) is 0 Å². The van der Waals surface area contributed by atoms with Crippen molar-refractivity contribution in [3.63, 3.8) is 0 Å². The molecule has 2 atom stereocenters. The van der Waals surface area contributed by atoms with E-state index in [-0.39, 0.29) is 12.1 Å². The van der Waals surface area contributed by atoms with E-state index in [9.17, 15) is 13.6 Å². The fourth-order valence-electron chi connectivity index (χ4n) is 3.49. The highest BCUT2D eigenvalue weighted by atomic mass is 32.1. The van der Waals surface area contributed by atoms with Crippen molar-refractivity contribution in [2.45, 2.75) is 31.8 Å². The van der Waals surface area contributed by atoms with Crippen LogP contribution in [0.1, 0.15) is 41.0 Å². The van der Waals surface area contributed by atoms with E-state index in [1.807, 2.05) is 18.4 Å². The maximum absolute atomic E-state index is 13.8. The highest BCUT2D eigenvalue weighted by Crippen LogP contribution is 2.21. The van der Waals surface area contributed by atoms with E-state index in [1.54, 1.807) is 11.3 Å². The average molecular weight is 351 g/mol. The van der Waals surface area contributed by atoms with Crippen LogP contribution in [-0.4, -0.2) is 25.0 Å². The summed E-state index contributed by atoms with van der Waals surface area (Å²) in [5, 5.41) is 4.83. The predicted octanol–water partition coefficient (Wildman–Crippen LogP) is 2.56. The van der Waals surface area contributed by atoms with Gasteiger partial charge in [-0.2, -0.15) is 0 Å². The molecule has 1 amide bonds. The predicted molar refractivity (Wildman–Crippen MR) is 90.3 cm³/mol. The van der Waals surface area contributed by atoms with Gasteiger partial charge in [0.05, 0.1) is 24.0 Å². The second-order valence-electron chi connectivity index (χ2n) is 6.22. The molecule has 0 saturated carbocycles. The summed E-state index contributed by atoms with van der Waals surface area (Å²) in [6.07, 6.45) is 2.33. The van der Waals surface area contributed by atoms with E-state index in [0.29, 0.717) is 0 Å². The first-order valence-corrected chi connectivity index (χ1v) is 9.08. The lowest BCUT2D eigenvalue weighted by Crippen LogP contribution is -3.11. The van der Waals surface area contributed by atoms with E-state index in [2.05, 4.69) is 11.4 Å². The number of nitrogens with one attached hydrogen (secondary N) is 2. The molecule has 3 rings (SSSR count). The number of thiophene rings is 1. The Balaban J connectivity index is 1.80. The maximum atomic E-state index is 13.8. The Morgan fingerprint density at radius 2 is 1.83 bits per heavy atom. The molecule has 1 aliphatic rings. The fourth-order valence-corrected chi connectivity index (χ4v) is 4.48. The Kier molecular flexibility index (Phi) is 5.26. The molecule has 1 aromatic heterocycles. The number of rotatable bonds is 5. The Labute approximate surface area is 144 Å². The van der Waals surface area contributed by atoms with Gasteiger partial charge in [-0.1, -0.05) is 12.1 Å². The molecule has 1 aliphatic heterocycles. The van der Waals surface area contributed by atoms with Gasteiger partial charge in [0.1, 0.15) is 23.2 Å². The molecular formula is C18H21F2N2OS+. The Morgan fingerprint density at radius 3 is 2.42 bits per heavy atom. The van der Waals surface area contributed by atoms with E-state index >= 15 is 0 Å². The molecule has 1 saturated heterocycles. The number of hydrogen-bond acceptors (Lipinski definition) is 2. The Bertz CT molecular complexity index is 679. The van der Waals surface area contributed by atoms with Gasteiger partial charge in [-0.15, -0.1) is 11.3 Å². The van der Waals surface area contributed by atoms with Gasteiger partial charge in [0.2, 0.25) is 0 Å². The molecule has 2 heterocycles. The van der Waals surface area contributed by atoms with Gasteiger partial charge in [-0.05, 0) is 30.5 Å². The number of hydrogen-bond donors (Lipinski definition) is 2. The minimum atomic E-state index is -0.833. The number of likely N-dealkylation sites (tertiary alicyclic amines) is 1. The lowest BCUT2D eigenvalue weighted by atomic mass is 10.1. The zero-order valence-electron chi connectivity index (χ0n) is 13.5. The highest BCUT2D eigenvalue weighted by Gasteiger charge is 2.34. The van der Waals surface area contributed by atoms with Crippen LogP contribution in [0.2, 0.25) is 0 Å². The molecule has 128 valence electrons. The number of carbonyl (C=O) groups is 1. The molecule has 6 heteroatoms. The molecule has 1 aromatic carbocycles. The third kappa shape index (κ3) is 3.49. The summed E-state index contributed by atoms with van der Waals surface area (Å²) in [7, 11) is 0.